The molecule has 3 aromatic rings. The Bertz CT molecular complexity index is 2040. The smallest absolute Gasteiger partial charge is 0.260 e. The van der Waals surface area contributed by atoms with Gasteiger partial charge in [0.1, 0.15) is 22.7 Å². The van der Waals surface area contributed by atoms with Gasteiger partial charge in [-0.1, -0.05) is 18.2 Å². The van der Waals surface area contributed by atoms with Gasteiger partial charge >= 0.3 is 0 Å². The molecule has 224 valence electrons. The van der Waals surface area contributed by atoms with Crippen LogP contribution in [0.2, 0.25) is 0 Å². The van der Waals surface area contributed by atoms with E-state index in [0.717, 1.165) is 13.2 Å². The summed E-state index contributed by atoms with van der Waals surface area (Å²) in [5, 5.41) is 34.5. The SMILES string of the molecule is C/C=C/C=C/c1cc2c(CN(C)C)c3c(c(O)c2c(=O)[nH]1)C1(CC3)C(=O)c2c(O)c3c(c(O)c2C1=O)C(=O)C(OC)=CC3=O. The molecule has 0 radical (unpaired) electrons. The Balaban J connectivity index is 1.66. The van der Waals surface area contributed by atoms with Gasteiger partial charge in [0.2, 0.25) is 5.78 Å². The second kappa shape index (κ2) is 9.88. The molecule has 1 spiro atoms. The first-order valence-corrected chi connectivity index (χ1v) is 13.8. The first kappa shape index (κ1) is 28.8. The number of aromatic hydroxyl groups is 3. The molecular weight excluding hydrogens is 568 g/mol. The van der Waals surface area contributed by atoms with Crippen LogP contribution in [0.5, 0.6) is 17.2 Å². The molecule has 1 atom stereocenters. The van der Waals surface area contributed by atoms with Gasteiger partial charge < -0.3 is 29.9 Å². The maximum atomic E-state index is 14.3. The number of methoxy groups -OCH3 is 1. The largest absolute Gasteiger partial charge is 0.507 e. The van der Waals surface area contributed by atoms with Crippen molar-refractivity contribution < 1.29 is 39.2 Å². The van der Waals surface area contributed by atoms with Crippen molar-refractivity contribution in [3.8, 4) is 17.2 Å². The summed E-state index contributed by atoms with van der Waals surface area (Å²) in [4.78, 5) is 72.7. The number of hydrogen-bond acceptors (Lipinski definition) is 10. The zero-order valence-corrected chi connectivity index (χ0v) is 24.3. The summed E-state index contributed by atoms with van der Waals surface area (Å²) in [6.45, 7) is 2.15. The first-order chi connectivity index (χ1) is 20.9. The monoisotopic (exact) mass is 596 g/mol. The molecule has 11 heteroatoms. The summed E-state index contributed by atoms with van der Waals surface area (Å²) in [7, 11) is 4.77. The van der Waals surface area contributed by atoms with Crippen LogP contribution in [0.1, 0.15) is 77.2 Å². The number of nitrogens with zero attached hydrogens (tertiary/aromatic N) is 1. The van der Waals surface area contributed by atoms with E-state index in [2.05, 4.69) is 4.98 Å². The summed E-state index contributed by atoms with van der Waals surface area (Å²) < 4.78 is 4.95. The van der Waals surface area contributed by atoms with E-state index < -0.39 is 79.4 Å². The highest BCUT2D eigenvalue weighted by molar-refractivity contribution is 6.39. The minimum atomic E-state index is -2.11. The Morgan fingerprint density at radius 2 is 1.61 bits per heavy atom. The van der Waals surface area contributed by atoms with Crippen molar-refractivity contribution in [3.63, 3.8) is 0 Å². The molecule has 0 aliphatic heterocycles. The summed E-state index contributed by atoms with van der Waals surface area (Å²) in [5.41, 5.74) is -3.73. The molecule has 1 aromatic heterocycles. The predicted octanol–water partition coefficient (Wildman–Crippen LogP) is 3.47. The minimum Gasteiger partial charge on any atom is -0.507 e. The van der Waals surface area contributed by atoms with Crippen molar-refractivity contribution in [3.05, 3.63) is 91.1 Å². The fraction of sp³-hybridized carbons (Fsp3) is 0.242. The number of phenolic OH excluding ortho intramolecular Hbond substituents is 3. The van der Waals surface area contributed by atoms with Crippen molar-refractivity contribution in [1.29, 1.82) is 0 Å². The molecule has 0 saturated carbocycles. The number of phenols is 3. The highest BCUT2D eigenvalue weighted by Crippen LogP contribution is 2.58. The van der Waals surface area contributed by atoms with Gasteiger partial charge in [-0.2, -0.15) is 0 Å². The van der Waals surface area contributed by atoms with Gasteiger partial charge in [0.25, 0.3) is 5.56 Å². The molecule has 44 heavy (non-hydrogen) atoms. The molecule has 11 nitrogen and oxygen atoms in total. The molecular formula is C33H28N2O9. The standard InChI is InChI=1S/C33H28N2O9/c1-5-6-7-8-14-11-16-17(13-35(2)3)15-9-10-33(25(15)29(40)20(16)32(43)34-14)30(41)23-24(31(33)42)28(39)22-21(27(23)38)18(36)12-19(44-4)26(22)37/h5-8,11-12,38-40H,9-10,13H2,1-4H3,(H,34,43)/b6-5+,8-7+. The number of fused-ring (bicyclic) bond motifs is 5. The van der Waals surface area contributed by atoms with Crippen LogP contribution in [0.15, 0.2) is 40.9 Å². The second-order valence-electron chi connectivity index (χ2n) is 11.3. The maximum absolute atomic E-state index is 14.3. The van der Waals surface area contributed by atoms with E-state index in [4.69, 9.17) is 4.74 Å². The number of nitrogens with one attached hydrogen (secondary N) is 1. The summed E-state index contributed by atoms with van der Waals surface area (Å²) >= 11 is 0. The highest BCUT2D eigenvalue weighted by Gasteiger charge is 2.62. The van der Waals surface area contributed by atoms with Gasteiger partial charge in [-0.25, -0.2) is 0 Å². The molecule has 0 fully saturated rings. The van der Waals surface area contributed by atoms with Crippen molar-refractivity contribution in [2.75, 3.05) is 21.2 Å². The van der Waals surface area contributed by atoms with Crippen molar-refractivity contribution in [2.24, 2.45) is 0 Å². The number of Topliss-reactive ketones (excluding diaryl/α,β-unsaturated/α-hetero) is 3. The third-order valence-electron chi connectivity index (χ3n) is 8.61. The molecule has 1 heterocycles. The minimum absolute atomic E-state index is 0.0825. The number of aromatic amines is 1. The van der Waals surface area contributed by atoms with Crippen LogP contribution in [-0.4, -0.2) is 69.5 Å². The van der Waals surface area contributed by atoms with E-state index >= 15 is 0 Å². The molecule has 4 N–H and O–H groups in total. The van der Waals surface area contributed by atoms with Gasteiger partial charge in [-0.15, -0.1) is 0 Å². The molecule has 3 aliphatic carbocycles. The molecule has 0 saturated heterocycles. The van der Waals surface area contributed by atoms with Crippen LogP contribution in [0, 0.1) is 0 Å². The fourth-order valence-electron chi connectivity index (χ4n) is 6.81. The number of ether oxygens (including phenoxy) is 1. The lowest BCUT2D eigenvalue weighted by atomic mass is 9.75. The number of H-pyrrole nitrogens is 1. The second-order valence-corrected chi connectivity index (χ2v) is 11.3. The molecule has 2 aromatic carbocycles. The average Bonchev–Trinajstić information content (AvgIpc) is 3.48. The van der Waals surface area contributed by atoms with Crippen LogP contribution >= 0.6 is 0 Å². The molecule has 1 unspecified atom stereocenters. The van der Waals surface area contributed by atoms with Crippen molar-refractivity contribution in [2.45, 2.75) is 31.7 Å². The Morgan fingerprint density at radius 3 is 2.23 bits per heavy atom. The third-order valence-corrected chi connectivity index (χ3v) is 8.61. The number of allylic oxidation sites excluding steroid dienone is 5. The summed E-state index contributed by atoms with van der Waals surface area (Å²) in [6.07, 6.45) is 7.90. The van der Waals surface area contributed by atoms with Crippen molar-refractivity contribution in [1.82, 2.24) is 9.88 Å². The molecule has 3 aliphatic rings. The van der Waals surface area contributed by atoms with E-state index in [1.54, 1.807) is 24.3 Å². The fourth-order valence-corrected chi connectivity index (χ4v) is 6.81. The number of ketones is 4. The van der Waals surface area contributed by atoms with Crippen LogP contribution in [-0.2, 0) is 23.1 Å². The van der Waals surface area contributed by atoms with E-state index in [0.29, 0.717) is 28.8 Å². The van der Waals surface area contributed by atoms with E-state index in [9.17, 15) is 39.3 Å². The van der Waals surface area contributed by atoms with Crippen LogP contribution in [0.4, 0.5) is 0 Å². The lowest BCUT2D eigenvalue weighted by Gasteiger charge is -2.25. The Morgan fingerprint density at radius 1 is 0.955 bits per heavy atom. The summed E-state index contributed by atoms with van der Waals surface area (Å²) in [5.74, 6) is -6.55. The zero-order chi connectivity index (χ0) is 31.8. The van der Waals surface area contributed by atoms with E-state index in [1.807, 2.05) is 32.0 Å². The number of aromatic nitrogens is 1. The molecule has 0 amide bonds. The van der Waals surface area contributed by atoms with Gasteiger partial charge in [-0.05, 0) is 62.5 Å². The van der Waals surface area contributed by atoms with E-state index in [1.165, 1.54) is 0 Å². The van der Waals surface area contributed by atoms with Crippen LogP contribution in [0.25, 0.3) is 16.8 Å². The first-order valence-electron chi connectivity index (χ1n) is 13.8. The topological polar surface area (TPSA) is 174 Å². The highest BCUT2D eigenvalue weighted by atomic mass is 16.5. The number of carbonyl (C=O) groups is 4. The lowest BCUT2D eigenvalue weighted by molar-refractivity contribution is 0.0790. The third kappa shape index (κ3) is 3.62. The lowest BCUT2D eigenvalue weighted by Crippen LogP contribution is -2.36. The Kier molecular flexibility index (Phi) is 6.47. The number of hydrogen-bond donors (Lipinski definition) is 4. The summed E-state index contributed by atoms with van der Waals surface area (Å²) in [6, 6.07) is 1.72. The zero-order valence-electron chi connectivity index (χ0n) is 24.3. The van der Waals surface area contributed by atoms with Crippen LogP contribution < -0.4 is 5.56 Å². The normalized spacial score (nSPS) is 19.2. The number of carbonyl (C=O) groups excluding carboxylic acids is 4. The quantitative estimate of drug-likeness (QED) is 0.194. The molecule has 6 rings (SSSR count). The Labute approximate surface area is 250 Å². The number of pyridine rings is 1. The van der Waals surface area contributed by atoms with Crippen LogP contribution in [0.3, 0.4) is 0 Å². The van der Waals surface area contributed by atoms with Gasteiger partial charge in [0, 0.05) is 23.9 Å². The Hall–Kier alpha value is -5.29. The number of benzene rings is 2. The average molecular weight is 597 g/mol. The van der Waals surface area contributed by atoms with Gasteiger partial charge in [-0.3, -0.25) is 24.0 Å². The predicted molar refractivity (Wildman–Crippen MR) is 160 cm³/mol. The van der Waals surface area contributed by atoms with Gasteiger partial charge in [0.15, 0.2) is 23.1 Å². The van der Waals surface area contributed by atoms with Crippen molar-refractivity contribution >= 4 is 40.0 Å². The molecule has 0 bridgehead atoms. The number of rotatable bonds is 5. The van der Waals surface area contributed by atoms with E-state index in [-0.39, 0.29) is 23.8 Å². The van der Waals surface area contributed by atoms with Gasteiger partial charge in [0.05, 0.1) is 34.7 Å². The maximum Gasteiger partial charge on any atom is 0.260 e.